The minimum Gasteiger partial charge on any atom is -0.504 e. The topological polar surface area (TPSA) is 53.0 Å². The van der Waals surface area contributed by atoms with Gasteiger partial charge in [0.25, 0.3) is 0 Å². The van der Waals surface area contributed by atoms with E-state index >= 15 is 0 Å². The summed E-state index contributed by atoms with van der Waals surface area (Å²) in [4.78, 5) is 15.2. The van der Waals surface area contributed by atoms with Gasteiger partial charge in [0.1, 0.15) is 0 Å². The van der Waals surface area contributed by atoms with Crippen LogP contribution in [0.4, 0.5) is 0 Å². The Morgan fingerprint density at radius 1 is 1.37 bits per heavy atom. The third-order valence-corrected chi connectivity index (χ3v) is 3.23. The Kier molecular flexibility index (Phi) is 5.18. The van der Waals surface area contributed by atoms with Crippen molar-refractivity contribution >= 4 is 5.91 Å². The summed E-state index contributed by atoms with van der Waals surface area (Å²) in [6.45, 7) is 2.35. The molecule has 1 atom stereocenters. The number of ether oxygens (including phenoxy) is 1. The van der Waals surface area contributed by atoms with Crippen LogP contribution in [0.5, 0.6) is 11.5 Å². The molecule has 0 aliphatic rings. The number of hydrogen-bond acceptors (Lipinski definition) is 4. The lowest BCUT2D eigenvalue weighted by atomic mass is 10.1. The Morgan fingerprint density at radius 2 is 2.00 bits per heavy atom. The van der Waals surface area contributed by atoms with Crippen LogP contribution in [0.2, 0.25) is 0 Å². The summed E-state index contributed by atoms with van der Waals surface area (Å²) in [6, 6.07) is 5.28. The Bertz CT molecular complexity index is 446. The third-order valence-electron chi connectivity index (χ3n) is 3.23. The Balaban J connectivity index is 2.82. The first-order valence-electron chi connectivity index (χ1n) is 6.14. The predicted octanol–water partition coefficient (Wildman–Crippen LogP) is 1.48. The molecule has 0 aromatic heterocycles. The fourth-order valence-corrected chi connectivity index (χ4v) is 1.70. The van der Waals surface area contributed by atoms with Crippen LogP contribution >= 0.6 is 0 Å². The van der Waals surface area contributed by atoms with Crippen LogP contribution in [-0.4, -0.2) is 55.6 Å². The Morgan fingerprint density at radius 3 is 2.53 bits per heavy atom. The van der Waals surface area contributed by atoms with E-state index in [-0.39, 0.29) is 17.7 Å². The molecule has 0 heterocycles. The molecule has 106 valence electrons. The van der Waals surface area contributed by atoms with Gasteiger partial charge in [-0.3, -0.25) is 9.69 Å². The number of likely N-dealkylation sites (N-methyl/N-ethyl adjacent to an activating group) is 2. The summed E-state index contributed by atoms with van der Waals surface area (Å²) in [5.41, 5.74) is 0.990. The van der Waals surface area contributed by atoms with E-state index in [1.165, 1.54) is 7.11 Å². The molecule has 1 aromatic carbocycles. The summed E-state index contributed by atoms with van der Waals surface area (Å²) >= 11 is 0. The van der Waals surface area contributed by atoms with Crippen molar-refractivity contribution in [3.63, 3.8) is 0 Å². The molecular weight excluding hydrogens is 244 g/mol. The third kappa shape index (κ3) is 3.86. The molecule has 1 N–H and O–H groups in total. The normalized spacial score (nSPS) is 12.3. The molecule has 0 spiro atoms. The molecule has 1 amide bonds. The molecule has 0 saturated heterocycles. The van der Waals surface area contributed by atoms with Crippen molar-refractivity contribution < 1.29 is 14.6 Å². The van der Waals surface area contributed by atoms with E-state index in [1.54, 1.807) is 31.1 Å². The van der Waals surface area contributed by atoms with Crippen LogP contribution in [0.15, 0.2) is 18.2 Å². The SMILES string of the molecule is COc1cc(C(C)N(C)CC(=O)N(C)C)ccc1O. The number of benzene rings is 1. The van der Waals surface area contributed by atoms with E-state index in [9.17, 15) is 9.90 Å². The van der Waals surface area contributed by atoms with Gasteiger partial charge < -0.3 is 14.7 Å². The monoisotopic (exact) mass is 266 g/mol. The van der Waals surface area contributed by atoms with Gasteiger partial charge in [-0.1, -0.05) is 6.07 Å². The number of methoxy groups -OCH3 is 1. The van der Waals surface area contributed by atoms with Crippen molar-refractivity contribution in [1.82, 2.24) is 9.80 Å². The van der Waals surface area contributed by atoms with Gasteiger partial charge in [-0.05, 0) is 31.7 Å². The fraction of sp³-hybridized carbons (Fsp3) is 0.500. The molecule has 0 radical (unpaired) electrons. The van der Waals surface area contributed by atoms with E-state index in [1.807, 2.05) is 24.9 Å². The lowest BCUT2D eigenvalue weighted by Gasteiger charge is -2.26. The van der Waals surface area contributed by atoms with Crippen molar-refractivity contribution in [2.45, 2.75) is 13.0 Å². The fourth-order valence-electron chi connectivity index (χ4n) is 1.70. The van der Waals surface area contributed by atoms with Crippen molar-refractivity contribution in [2.75, 3.05) is 34.8 Å². The van der Waals surface area contributed by atoms with Crippen LogP contribution in [0.25, 0.3) is 0 Å². The van der Waals surface area contributed by atoms with Crippen molar-refractivity contribution in [3.05, 3.63) is 23.8 Å². The molecule has 0 aliphatic carbocycles. The van der Waals surface area contributed by atoms with Gasteiger partial charge in [-0.15, -0.1) is 0 Å². The standard InChI is InChI=1S/C14H22N2O3/c1-10(16(4)9-14(18)15(2)3)11-6-7-12(17)13(8-11)19-5/h6-8,10,17H,9H2,1-5H3. The molecule has 0 saturated carbocycles. The van der Waals surface area contributed by atoms with E-state index < -0.39 is 0 Å². The second-order valence-corrected chi connectivity index (χ2v) is 4.81. The summed E-state index contributed by atoms with van der Waals surface area (Å²) < 4.78 is 5.09. The number of aromatic hydroxyl groups is 1. The maximum absolute atomic E-state index is 11.7. The molecule has 0 fully saturated rings. The molecule has 1 unspecified atom stereocenters. The molecule has 5 nitrogen and oxygen atoms in total. The largest absolute Gasteiger partial charge is 0.504 e. The maximum Gasteiger partial charge on any atom is 0.236 e. The van der Waals surface area contributed by atoms with Gasteiger partial charge in [0.15, 0.2) is 11.5 Å². The Hall–Kier alpha value is -1.75. The van der Waals surface area contributed by atoms with Crippen LogP contribution in [0.3, 0.4) is 0 Å². The lowest BCUT2D eigenvalue weighted by molar-refractivity contribution is -0.130. The molecule has 1 aromatic rings. The van der Waals surface area contributed by atoms with Crippen LogP contribution < -0.4 is 4.74 Å². The van der Waals surface area contributed by atoms with Crippen LogP contribution in [0.1, 0.15) is 18.5 Å². The highest BCUT2D eigenvalue weighted by Gasteiger charge is 2.17. The zero-order valence-electron chi connectivity index (χ0n) is 12.2. The average molecular weight is 266 g/mol. The summed E-state index contributed by atoms with van der Waals surface area (Å²) in [7, 11) is 6.89. The van der Waals surface area contributed by atoms with E-state index in [4.69, 9.17) is 4.74 Å². The smallest absolute Gasteiger partial charge is 0.236 e. The quantitative estimate of drug-likeness (QED) is 0.877. The second kappa shape index (κ2) is 6.43. The number of phenols is 1. The van der Waals surface area contributed by atoms with E-state index in [0.29, 0.717) is 12.3 Å². The van der Waals surface area contributed by atoms with E-state index in [2.05, 4.69) is 0 Å². The molecular formula is C14H22N2O3. The zero-order valence-corrected chi connectivity index (χ0v) is 12.2. The molecule has 5 heteroatoms. The first-order valence-corrected chi connectivity index (χ1v) is 6.14. The van der Waals surface area contributed by atoms with Crippen molar-refractivity contribution in [3.8, 4) is 11.5 Å². The maximum atomic E-state index is 11.7. The highest BCUT2D eigenvalue weighted by Crippen LogP contribution is 2.30. The summed E-state index contributed by atoms with van der Waals surface area (Å²) in [6.07, 6.45) is 0. The van der Waals surface area contributed by atoms with Gasteiger partial charge in [-0.2, -0.15) is 0 Å². The zero-order chi connectivity index (χ0) is 14.6. The number of nitrogens with zero attached hydrogens (tertiary/aromatic N) is 2. The highest BCUT2D eigenvalue weighted by atomic mass is 16.5. The van der Waals surface area contributed by atoms with Crippen molar-refractivity contribution in [2.24, 2.45) is 0 Å². The number of carbonyl (C=O) groups excluding carboxylic acids is 1. The lowest BCUT2D eigenvalue weighted by Crippen LogP contribution is -2.35. The van der Waals surface area contributed by atoms with Gasteiger partial charge in [-0.25, -0.2) is 0 Å². The molecule has 0 aliphatic heterocycles. The number of rotatable bonds is 5. The number of phenolic OH excluding ortho intramolecular Hbond substituents is 1. The second-order valence-electron chi connectivity index (χ2n) is 4.81. The molecule has 0 bridgehead atoms. The first-order chi connectivity index (χ1) is 8.86. The van der Waals surface area contributed by atoms with E-state index in [0.717, 1.165) is 5.56 Å². The highest BCUT2D eigenvalue weighted by molar-refractivity contribution is 5.77. The first kappa shape index (κ1) is 15.3. The van der Waals surface area contributed by atoms with Gasteiger partial charge in [0.05, 0.1) is 13.7 Å². The van der Waals surface area contributed by atoms with Crippen molar-refractivity contribution in [1.29, 1.82) is 0 Å². The minimum atomic E-state index is 0.0541. The summed E-state index contributed by atoms with van der Waals surface area (Å²) in [5.74, 6) is 0.613. The minimum absolute atomic E-state index is 0.0541. The summed E-state index contributed by atoms with van der Waals surface area (Å²) in [5, 5.41) is 9.57. The number of amides is 1. The van der Waals surface area contributed by atoms with Gasteiger partial charge in [0, 0.05) is 20.1 Å². The predicted molar refractivity (Wildman–Crippen MR) is 74.4 cm³/mol. The average Bonchev–Trinajstić information content (AvgIpc) is 2.38. The van der Waals surface area contributed by atoms with Gasteiger partial charge in [0.2, 0.25) is 5.91 Å². The number of hydrogen-bond donors (Lipinski definition) is 1. The molecule has 19 heavy (non-hydrogen) atoms. The van der Waals surface area contributed by atoms with Crippen LogP contribution in [0, 0.1) is 0 Å². The van der Waals surface area contributed by atoms with Crippen LogP contribution in [-0.2, 0) is 4.79 Å². The molecule has 1 rings (SSSR count). The Labute approximate surface area is 114 Å². The van der Waals surface area contributed by atoms with Gasteiger partial charge >= 0.3 is 0 Å². The number of carbonyl (C=O) groups is 1.